The number of carboxylic acids is 1. The van der Waals surface area contributed by atoms with Crippen molar-refractivity contribution in [2.24, 2.45) is 0 Å². The van der Waals surface area contributed by atoms with Gasteiger partial charge >= 0.3 is 5.97 Å². The van der Waals surface area contributed by atoms with Crippen molar-refractivity contribution < 1.29 is 14.3 Å². The molecule has 2 aromatic rings. The summed E-state index contributed by atoms with van der Waals surface area (Å²) in [6, 6.07) is 4.18. The topological polar surface area (TPSA) is 68.0 Å². The molecule has 0 atom stereocenters. The third-order valence-corrected chi connectivity index (χ3v) is 3.68. The highest BCUT2D eigenvalue weighted by Gasteiger charge is 2.34. The summed E-state index contributed by atoms with van der Waals surface area (Å²) in [7, 11) is 0. The number of benzene rings is 1. The van der Waals surface area contributed by atoms with Crippen LogP contribution in [0.1, 0.15) is 34.9 Å². The molecule has 1 fully saturated rings. The van der Waals surface area contributed by atoms with Gasteiger partial charge < -0.3 is 5.11 Å². The summed E-state index contributed by atoms with van der Waals surface area (Å²) in [6.45, 7) is 0. The summed E-state index contributed by atoms with van der Waals surface area (Å²) in [5.74, 6) is -1.38. The molecule has 1 N–H and O–H groups in total. The van der Waals surface area contributed by atoms with Crippen LogP contribution >= 0.6 is 15.9 Å². The minimum absolute atomic E-state index is 0.0568. The number of hydrogen-bond donors (Lipinski definition) is 1. The minimum atomic E-state index is -1.11. The molecule has 0 radical (unpaired) electrons. The van der Waals surface area contributed by atoms with E-state index in [-0.39, 0.29) is 11.6 Å². The number of hydrogen-bond acceptors (Lipinski definition) is 3. The van der Waals surface area contributed by atoms with Gasteiger partial charge in [-0.3, -0.25) is 0 Å². The predicted octanol–water partition coefficient (Wildman–Crippen LogP) is 2.74. The normalized spacial score (nSPS) is 14.6. The van der Waals surface area contributed by atoms with Gasteiger partial charge in [0.15, 0.2) is 5.69 Å². The van der Waals surface area contributed by atoms with Crippen LogP contribution in [0.4, 0.5) is 4.39 Å². The number of nitrogens with zero attached hydrogens (tertiary/aromatic N) is 3. The van der Waals surface area contributed by atoms with Crippen LogP contribution in [-0.4, -0.2) is 26.1 Å². The number of aromatic nitrogens is 3. The first-order valence-corrected chi connectivity index (χ1v) is 6.51. The van der Waals surface area contributed by atoms with E-state index in [0.29, 0.717) is 15.9 Å². The molecule has 1 aliphatic carbocycles. The van der Waals surface area contributed by atoms with E-state index in [1.54, 1.807) is 6.07 Å². The van der Waals surface area contributed by atoms with Crippen LogP contribution in [0, 0.1) is 5.82 Å². The molecule has 0 amide bonds. The molecule has 1 aromatic heterocycles. The molecule has 1 aliphatic rings. The van der Waals surface area contributed by atoms with E-state index in [9.17, 15) is 9.18 Å². The summed E-state index contributed by atoms with van der Waals surface area (Å²) >= 11 is 3.31. The lowest BCUT2D eigenvalue weighted by Crippen LogP contribution is -2.06. The maximum atomic E-state index is 13.3. The molecule has 0 aliphatic heterocycles. The number of carboxylic acid groups (broad SMARTS) is 1. The van der Waals surface area contributed by atoms with E-state index < -0.39 is 11.8 Å². The molecule has 5 nitrogen and oxygen atoms in total. The first-order chi connectivity index (χ1) is 9.08. The van der Waals surface area contributed by atoms with Gasteiger partial charge in [-0.25, -0.2) is 13.9 Å². The maximum Gasteiger partial charge on any atom is 0.358 e. The number of aromatic carboxylic acids is 1. The SMILES string of the molecule is O=C(O)c1nnn(-c2cc(F)ccc2Br)c1C1CC1. The largest absolute Gasteiger partial charge is 0.476 e. The molecular weight excluding hydrogens is 317 g/mol. The predicted molar refractivity (Wildman–Crippen MR) is 68.0 cm³/mol. The molecule has 1 heterocycles. The van der Waals surface area contributed by atoms with Gasteiger partial charge in [0.1, 0.15) is 5.82 Å². The average Bonchev–Trinajstić information content (AvgIpc) is 3.11. The zero-order valence-electron chi connectivity index (χ0n) is 9.68. The molecule has 3 rings (SSSR count). The lowest BCUT2D eigenvalue weighted by molar-refractivity contribution is 0.0689. The third kappa shape index (κ3) is 2.14. The minimum Gasteiger partial charge on any atom is -0.476 e. The van der Waals surface area contributed by atoms with E-state index in [1.807, 2.05) is 0 Å². The quantitative estimate of drug-likeness (QED) is 0.942. The van der Waals surface area contributed by atoms with Gasteiger partial charge in [0.05, 0.1) is 11.4 Å². The lowest BCUT2D eigenvalue weighted by atomic mass is 10.2. The number of halogens is 2. The fourth-order valence-electron chi connectivity index (χ4n) is 1.99. The highest BCUT2D eigenvalue weighted by Crippen LogP contribution is 2.42. The van der Waals surface area contributed by atoms with Crippen molar-refractivity contribution in [2.75, 3.05) is 0 Å². The fraction of sp³-hybridized carbons (Fsp3) is 0.250. The molecule has 19 heavy (non-hydrogen) atoms. The summed E-state index contributed by atoms with van der Waals surface area (Å²) in [6.07, 6.45) is 1.81. The van der Waals surface area contributed by atoms with Gasteiger partial charge in [0, 0.05) is 16.5 Å². The van der Waals surface area contributed by atoms with Gasteiger partial charge in [-0.1, -0.05) is 5.21 Å². The summed E-state index contributed by atoms with van der Waals surface area (Å²) in [5, 5.41) is 16.7. The molecular formula is C12H9BrFN3O2. The molecule has 98 valence electrons. The average molecular weight is 326 g/mol. The molecule has 0 saturated heterocycles. The molecule has 7 heteroatoms. The van der Waals surface area contributed by atoms with Crippen LogP contribution in [0.5, 0.6) is 0 Å². The molecule has 1 saturated carbocycles. The number of rotatable bonds is 3. The van der Waals surface area contributed by atoms with Crippen molar-refractivity contribution in [1.29, 1.82) is 0 Å². The van der Waals surface area contributed by atoms with E-state index in [1.165, 1.54) is 16.8 Å². The van der Waals surface area contributed by atoms with Crippen LogP contribution in [0.15, 0.2) is 22.7 Å². The molecule has 0 bridgehead atoms. The Morgan fingerprint density at radius 1 is 1.47 bits per heavy atom. The molecule has 0 unspecified atom stereocenters. The first-order valence-electron chi connectivity index (χ1n) is 5.72. The highest BCUT2D eigenvalue weighted by molar-refractivity contribution is 9.10. The second-order valence-electron chi connectivity index (χ2n) is 4.41. The Morgan fingerprint density at radius 3 is 2.84 bits per heavy atom. The first kappa shape index (κ1) is 12.3. The molecule has 0 spiro atoms. The second-order valence-corrected chi connectivity index (χ2v) is 5.26. The van der Waals surface area contributed by atoms with Crippen LogP contribution in [-0.2, 0) is 0 Å². The Labute approximate surface area is 116 Å². The van der Waals surface area contributed by atoms with Gasteiger partial charge in [0.25, 0.3) is 0 Å². The van der Waals surface area contributed by atoms with Crippen molar-refractivity contribution in [3.05, 3.63) is 39.9 Å². The number of carbonyl (C=O) groups is 1. The molecule has 1 aromatic carbocycles. The van der Waals surface area contributed by atoms with Gasteiger partial charge in [0.2, 0.25) is 0 Å². The Hall–Kier alpha value is -1.76. The summed E-state index contributed by atoms with van der Waals surface area (Å²) in [5.41, 5.74) is 0.944. The van der Waals surface area contributed by atoms with Gasteiger partial charge in [-0.15, -0.1) is 5.10 Å². The Kier molecular flexibility index (Phi) is 2.85. The zero-order valence-corrected chi connectivity index (χ0v) is 11.3. The standard InChI is InChI=1S/C12H9BrFN3O2/c13-8-4-3-7(14)5-9(8)17-11(6-1-2-6)10(12(18)19)15-16-17/h3-6H,1-2H2,(H,18,19). The zero-order chi connectivity index (χ0) is 13.6. The van der Waals surface area contributed by atoms with Gasteiger partial charge in [-0.05, 0) is 40.9 Å². The second kappa shape index (κ2) is 4.41. The highest BCUT2D eigenvalue weighted by atomic mass is 79.9. The van der Waals surface area contributed by atoms with E-state index in [2.05, 4.69) is 26.2 Å². The van der Waals surface area contributed by atoms with E-state index >= 15 is 0 Å². The van der Waals surface area contributed by atoms with E-state index in [4.69, 9.17) is 5.11 Å². The Bertz CT molecular complexity index is 667. The van der Waals surface area contributed by atoms with E-state index in [0.717, 1.165) is 12.8 Å². The van der Waals surface area contributed by atoms with Crippen LogP contribution in [0.25, 0.3) is 5.69 Å². The Morgan fingerprint density at radius 2 is 2.21 bits per heavy atom. The van der Waals surface area contributed by atoms with Crippen molar-refractivity contribution in [3.63, 3.8) is 0 Å². The van der Waals surface area contributed by atoms with Crippen molar-refractivity contribution in [1.82, 2.24) is 15.0 Å². The van der Waals surface area contributed by atoms with Crippen molar-refractivity contribution in [2.45, 2.75) is 18.8 Å². The van der Waals surface area contributed by atoms with Crippen LogP contribution in [0.2, 0.25) is 0 Å². The monoisotopic (exact) mass is 325 g/mol. The van der Waals surface area contributed by atoms with Crippen molar-refractivity contribution >= 4 is 21.9 Å². The Balaban J connectivity index is 2.20. The summed E-state index contributed by atoms with van der Waals surface area (Å²) in [4.78, 5) is 11.1. The van der Waals surface area contributed by atoms with Gasteiger partial charge in [-0.2, -0.15) is 0 Å². The van der Waals surface area contributed by atoms with Crippen molar-refractivity contribution in [3.8, 4) is 5.69 Å². The lowest BCUT2D eigenvalue weighted by Gasteiger charge is -2.08. The maximum absolute atomic E-state index is 13.3. The van der Waals surface area contributed by atoms with Crippen LogP contribution in [0.3, 0.4) is 0 Å². The summed E-state index contributed by atoms with van der Waals surface area (Å²) < 4.78 is 15.4. The fourth-order valence-corrected chi connectivity index (χ4v) is 2.41. The third-order valence-electron chi connectivity index (χ3n) is 3.01. The van der Waals surface area contributed by atoms with Crippen LogP contribution < -0.4 is 0 Å². The smallest absolute Gasteiger partial charge is 0.358 e.